The van der Waals surface area contributed by atoms with E-state index in [1.807, 2.05) is 13.0 Å². The third-order valence-corrected chi connectivity index (χ3v) is 2.54. The van der Waals surface area contributed by atoms with Crippen LogP contribution in [0.25, 0.3) is 22.6 Å². The predicted octanol–water partition coefficient (Wildman–Crippen LogP) is 1.33. The van der Waals surface area contributed by atoms with Gasteiger partial charge in [0.15, 0.2) is 5.65 Å². The first-order valence-corrected chi connectivity index (χ1v) is 5.56. The van der Waals surface area contributed by atoms with Crippen molar-refractivity contribution in [2.45, 2.75) is 6.92 Å². The Labute approximate surface area is 102 Å². The summed E-state index contributed by atoms with van der Waals surface area (Å²) in [5.74, 6) is 1.67. The molecule has 0 amide bonds. The Morgan fingerprint density at radius 2 is 2.22 bits per heavy atom. The molecule has 4 N–H and O–H groups in total. The van der Waals surface area contributed by atoms with Gasteiger partial charge in [0.2, 0.25) is 5.88 Å². The van der Waals surface area contributed by atoms with Crippen molar-refractivity contribution in [3.8, 4) is 17.3 Å². The van der Waals surface area contributed by atoms with Gasteiger partial charge in [0, 0.05) is 6.07 Å². The summed E-state index contributed by atoms with van der Waals surface area (Å²) in [6.07, 6.45) is 1.62. The number of H-pyrrole nitrogens is 2. The van der Waals surface area contributed by atoms with Crippen molar-refractivity contribution < 1.29 is 4.74 Å². The molecule has 0 aromatic carbocycles. The Morgan fingerprint density at radius 1 is 1.33 bits per heavy atom. The molecule has 0 fully saturated rings. The fourth-order valence-corrected chi connectivity index (χ4v) is 1.72. The lowest BCUT2D eigenvalue weighted by molar-refractivity contribution is 0.328. The van der Waals surface area contributed by atoms with Crippen LogP contribution >= 0.6 is 0 Å². The normalized spacial score (nSPS) is 10.9. The van der Waals surface area contributed by atoms with E-state index in [4.69, 9.17) is 10.5 Å². The number of nitrogens with zero attached hydrogens (tertiary/aromatic N) is 3. The molecular formula is C11H12N6O. The van der Waals surface area contributed by atoms with E-state index in [1.165, 1.54) is 0 Å². The van der Waals surface area contributed by atoms with Gasteiger partial charge >= 0.3 is 0 Å². The Morgan fingerprint density at radius 3 is 2.94 bits per heavy atom. The fourth-order valence-electron chi connectivity index (χ4n) is 1.72. The van der Waals surface area contributed by atoms with Gasteiger partial charge in [-0.2, -0.15) is 10.1 Å². The van der Waals surface area contributed by atoms with Crippen molar-refractivity contribution >= 4 is 17.0 Å². The molecule has 0 aliphatic rings. The van der Waals surface area contributed by atoms with E-state index in [-0.39, 0.29) is 0 Å². The van der Waals surface area contributed by atoms with Gasteiger partial charge in [-0.05, 0) is 13.0 Å². The van der Waals surface area contributed by atoms with E-state index in [2.05, 4.69) is 25.1 Å². The van der Waals surface area contributed by atoms with Crippen LogP contribution in [0.2, 0.25) is 0 Å². The maximum absolute atomic E-state index is 5.75. The van der Waals surface area contributed by atoms with Crippen molar-refractivity contribution in [2.24, 2.45) is 0 Å². The van der Waals surface area contributed by atoms with Crippen molar-refractivity contribution in [3.63, 3.8) is 0 Å². The van der Waals surface area contributed by atoms with Gasteiger partial charge in [-0.15, -0.1) is 0 Å². The summed E-state index contributed by atoms with van der Waals surface area (Å²) >= 11 is 0. The number of aromatic nitrogens is 5. The molecule has 0 saturated heterocycles. The molecule has 3 aromatic rings. The lowest BCUT2D eigenvalue weighted by atomic mass is 10.3. The predicted molar refractivity (Wildman–Crippen MR) is 67.1 cm³/mol. The van der Waals surface area contributed by atoms with E-state index in [9.17, 15) is 0 Å². The van der Waals surface area contributed by atoms with Crippen LogP contribution in [-0.4, -0.2) is 31.8 Å². The molecule has 0 bridgehead atoms. The molecule has 92 valence electrons. The van der Waals surface area contributed by atoms with Crippen LogP contribution in [0.1, 0.15) is 6.92 Å². The van der Waals surface area contributed by atoms with Gasteiger partial charge in [-0.25, -0.2) is 4.98 Å². The highest BCUT2D eigenvalue weighted by Crippen LogP contribution is 2.23. The number of pyridine rings is 1. The standard InChI is InChI=1S/C11H12N6O/c1-2-18-8-4-3-7-11(15-8)16-10(14-7)6-5-13-17-9(6)12/h3-5H,2H2,1H3,(H3,12,13,17)(H,14,15,16). The SMILES string of the molecule is CCOc1ccc2[nH]c(-c3cn[nH]c3N)nc2n1. The van der Waals surface area contributed by atoms with Gasteiger partial charge in [0.05, 0.1) is 23.9 Å². The zero-order valence-electron chi connectivity index (χ0n) is 9.77. The Balaban J connectivity index is 2.08. The van der Waals surface area contributed by atoms with Gasteiger partial charge in [-0.1, -0.05) is 0 Å². The first-order chi connectivity index (χ1) is 8.78. The maximum atomic E-state index is 5.75. The second kappa shape index (κ2) is 4.02. The summed E-state index contributed by atoms with van der Waals surface area (Å²) in [4.78, 5) is 11.8. The molecule has 3 aromatic heterocycles. The van der Waals surface area contributed by atoms with E-state index in [0.717, 1.165) is 11.1 Å². The number of ether oxygens (including phenoxy) is 1. The zero-order chi connectivity index (χ0) is 12.5. The lowest BCUT2D eigenvalue weighted by Gasteiger charge is -1.99. The van der Waals surface area contributed by atoms with Gasteiger partial charge in [-0.3, -0.25) is 5.10 Å². The average Bonchev–Trinajstić information content (AvgIpc) is 2.94. The number of nitrogens with one attached hydrogen (secondary N) is 2. The molecule has 0 spiro atoms. The second-order valence-corrected chi connectivity index (χ2v) is 3.74. The monoisotopic (exact) mass is 244 g/mol. The van der Waals surface area contributed by atoms with Gasteiger partial charge < -0.3 is 15.5 Å². The van der Waals surface area contributed by atoms with Crippen LogP contribution in [0.15, 0.2) is 18.3 Å². The molecule has 0 aliphatic carbocycles. The minimum Gasteiger partial charge on any atom is -0.478 e. The summed E-state index contributed by atoms with van der Waals surface area (Å²) in [7, 11) is 0. The van der Waals surface area contributed by atoms with Crippen LogP contribution in [0.5, 0.6) is 5.88 Å². The van der Waals surface area contributed by atoms with E-state index < -0.39 is 0 Å². The molecule has 0 unspecified atom stereocenters. The number of imidazole rings is 1. The van der Waals surface area contributed by atoms with Crippen molar-refractivity contribution in [2.75, 3.05) is 12.3 Å². The molecule has 0 aliphatic heterocycles. The number of aromatic amines is 2. The number of nitrogen functional groups attached to an aromatic ring is 1. The van der Waals surface area contributed by atoms with E-state index in [1.54, 1.807) is 12.3 Å². The number of nitrogens with two attached hydrogens (primary N) is 1. The van der Waals surface area contributed by atoms with Crippen LogP contribution < -0.4 is 10.5 Å². The fraction of sp³-hybridized carbons (Fsp3) is 0.182. The Kier molecular flexibility index (Phi) is 2.36. The summed E-state index contributed by atoms with van der Waals surface area (Å²) in [6, 6.07) is 3.67. The van der Waals surface area contributed by atoms with Crippen molar-refractivity contribution in [3.05, 3.63) is 18.3 Å². The van der Waals surface area contributed by atoms with Gasteiger partial charge in [0.1, 0.15) is 11.6 Å². The first kappa shape index (κ1) is 10.6. The number of anilines is 1. The molecule has 3 heterocycles. The highest BCUT2D eigenvalue weighted by molar-refractivity contribution is 5.79. The maximum Gasteiger partial charge on any atom is 0.215 e. The Bertz CT molecular complexity index is 686. The largest absolute Gasteiger partial charge is 0.478 e. The molecular weight excluding hydrogens is 232 g/mol. The lowest BCUT2D eigenvalue weighted by Crippen LogP contribution is -1.93. The zero-order valence-corrected chi connectivity index (χ0v) is 9.77. The molecule has 0 atom stereocenters. The number of fused-ring (bicyclic) bond motifs is 1. The number of hydrogen-bond donors (Lipinski definition) is 3. The average molecular weight is 244 g/mol. The third kappa shape index (κ3) is 1.65. The molecule has 3 rings (SSSR count). The van der Waals surface area contributed by atoms with Crippen LogP contribution in [-0.2, 0) is 0 Å². The van der Waals surface area contributed by atoms with Crippen LogP contribution in [0.3, 0.4) is 0 Å². The topological polar surface area (TPSA) is 106 Å². The molecule has 7 nitrogen and oxygen atoms in total. The summed E-state index contributed by atoms with van der Waals surface area (Å²) in [6.45, 7) is 2.48. The summed E-state index contributed by atoms with van der Waals surface area (Å²) in [5, 5.41) is 6.53. The van der Waals surface area contributed by atoms with Gasteiger partial charge in [0.25, 0.3) is 0 Å². The van der Waals surface area contributed by atoms with E-state index in [0.29, 0.717) is 29.8 Å². The minimum absolute atomic E-state index is 0.471. The minimum atomic E-state index is 0.471. The smallest absolute Gasteiger partial charge is 0.215 e. The van der Waals surface area contributed by atoms with Crippen LogP contribution in [0, 0.1) is 0 Å². The van der Waals surface area contributed by atoms with Crippen molar-refractivity contribution in [1.29, 1.82) is 0 Å². The van der Waals surface area contributed by atoms with Crippen LogP contribution in [0.4, 0.5) is 5.82 Å². The first-order valence-electron chi connectivity index (χ1n) is 5.56. The second-order valence-electron chi connectivity index (χ2n) is 3.74. The highest BCUT2D eigenvalue weighted by Gasteiger charge is 2.11. The molecule has 0 radical (unpaired) electrons. The number of hydrogen-bond acceptors (Lipinski definition) is 5. The molecule has 7 heteroatoms. The Hall–Kier alpha value is -2.57. The highest BCUT2D eigenvalue weighted by atomic mass is 16.5. The summed E-state index contributed by atoms with van der Waals surface area (Å²) < 4.78 is 5.33. The third-order valence-electron chi connectivity index (χ3n) is 2.54. The molecule has 18 heavy (non-hydrogen) atoms. The van der Waals surface area contributed by atoms with E-state index >= 15 is 0 Å². The summed E-state index contributed by atoms with van der Waals surface area (Å²) in [5.41, 5.74) is 7.90. The number of rotatable bonds is 3. The quantitative estimate of drug-likeness (QED) is 0.644. The molecule has 0 saturated carbocycles. The van der Waals surface area contributed by atoms with Crippen molar-refractivity contribution in [1.82, 2.24) is 25.1 Å².